The predicted molar refractivity (Wildman–Crippen MR) is 132 cm³/mol. The van der Waals surface area contributed by atoms with E-state index in [2.05, 4.69) is 21.2 Å². The zero-order valence-corrected chi connectivity index (χ0v) is 19.2. The highest BCUT2D eigenvalue weighted by Gasteiger charge is 2.14. The Bertz CT molecular complexity index is 1220. The summed E-state index contributed by atoms with van der Waals surface area (Å²) in [6, 6.07) is 19.8. The molecular formula is C26H26N4O4. The van der Waals surface area contributed by atoms with Gasteiger partial charge in [-0.2, -0.15) is 5.10 Å². The normalized spacial score (nSPS) is 10.6. The third-order valence-corrected chi connectivity index (χ3v) is 4.99. The molecule has 0 unspecified atom stereocenters. The van der Waals surface area contributed by atoms with Gasteiger partial charge in [0.1, 0.15) is 5.75 Å². The fraction of sp³-hybridized carbons (Fsp3) is 0.154. The van der Waals surface area contributed by atoms with Crippen LogP contribution in [0.25, 0.3) is 0 Å². The van der Waals surface area contributed by atoms with Gasteiger partial charge in [-0.3, -0.25) is 14.4 Å². The fourth-order valence-corrected chi connectivity index (χ4v) is 3.15. The minimum absolute atomic E-state index is 0.205. The SMILES string of the molecule is Cc1ccccc1NC(=O)C(=O)N/N=C\c1ccccc1OCC(=O)Nc1c(C)cccc1C. The summed E-state index contributed by atoms with van der Waals surface area (Å²) in [6.45, 7) is 5.46. The number of para-hydroxylation sites is 3. The van der Waals surface area contributed by atoms with E-state index in [-0.39, 0.29) is 12.5 Å². The molecule has 3 N–H and O–H groups in total. The second-order valence-corrected chi connectivity index (χ2v) is 7.61. The van der Waals surface area contributed by atoms with Gasteiger partial charge >= 0.3 is 11.8 Å². The van der Waals surface area contributed by atoms with Crippen LogP contribution in [0, 0.1) is 20.8 Å². The number of anilines is 2. The molecule has 3 aromatic rings. The van der Waals surface area contributed by atoms with Crippen LogP contribution >= 0.6 is 0 Å². The monoisotopic (exact) mass is 458 g/mol. The van der Waals surface area contributed by atoms with Gasteiger partial charge in [-0.15, -0.1) is 0 Å². The van der Waals surface area contributed by atoms with Crippen molar-refractivity contribution < 1.29 is 19.1 Å². The maximum atomic E-state index is 12.4. The van der Waals surface area contributed by atoms with Crippen molar-refractivity contribution in [3.63, 3.8) is 0 Å². The van der Waals surface area contributed by atoms with Crippen molar-refractivity contribution in [3.8, 4) is 5.75 Å². The standard InChI is InChI=1S/C26H26N4O4/c1-17-9-4-6-13-21(17)28-25(32)26(33)30-27-15-20-12-5-7-14-22(20)34-16-23(31)29-24-18(2)10-8-11-19(24)3/h4-15H,16H2,1-3H3,(H,28,32)(H,29,31)(H,30,33)/b27-15-. The number of nitrogens with zero attached hydrogens (tertiary/aromatic N) is 1. The molecule has 3 amide bonds. The Kier molecular flexibility index (Phi) is 8.12. The number of aryl methyl sites for hydroxylation is 3. The molecule has 0 heterocycles. The van der Waals surface area contributed by atoms with E-state index in [1.54, 1.807) is 36.4 Å². The van der Waals surface area contributed by atoms with Crippen LogP contribution in [0.3, 0.4) is 0 Å². The Morgan fingerprint density at radius 1 is 0.794 bits per heavy atom. The third kappa shape index (κ3) is 6.52. The molecule has 34 heavy (non-hydrogen) atoms. The van der Waals surface area contributed by atoms with Crippen molar-refractivity contribution in [2.24, 2.45) is 5.10 Å². The molecule has 8 heteroatoms. The second kappa shape index (κ2) is 11.4. The minimum atomic E-state index is -0.911. The highest BCUT2D eigenvalue weighted by molar-refractivity contribution is 6.39. The first-order valence-electron chi connectivity index (χ1n) is 10.6. The van der Waals surface area contributed by atoms with Gasteiger partial charge in [-0.25, -0.2) is 5.43 Å². The van der Waals surface area contributed by atoms with Crippen molar-refractivity contribution in [2.75, 3.05) is 17.2 Å². The number of carbonyl (C=O) groups excluding carboxylic acids is 3. The Morgan fingerprint density at radius 2 is 1.44 bits per heavy atom. The smallest absolute Gasteiger partial charge is 0.329 e. The maximum absolute atomic E-state index is 12.4. The van der Waals surface area contributed by atoms with Crippen LogP contribution in [0.4, 0.5) is 11.4 Å². The zero-order chi connectivity index (χ0) is 24.5. The lowest BCUT2D eigenvalue weighted by atomic mass is 10.1. The number of amides is 3. The summed E-state index contributed by atoms with van der Waals surface area (Å²) in [7, 11) is 0. The first-order valence-corrected chi connectivity index (χ1v) is 10.6. The first-order chi connectivity index (χ1) is 16.3. The lowest BCUT2D eigenvalue weighted by Crippen LogP contribution is -2.32. The topological polar surface area (TPSA) is 109 Å². The number of ether oxygens (including phenoxy) is 1. The summed E-state index contributed by atoms with van der Waals surface area (Å²) in [5.74, 6) is -1.64. The Morgan fingerprint density at radius 3 is 2.18 bits per heavy atom. The Labute approximate surface area is 198 Å². The molecule has 0 saturated carbocycles. The molecule has 0 spiro atoms. The number of hydrazone groups is 1. The van der Waals surface area contributed by atoms with Crippen LogP contribution in [0.2, 0.25) is 0 Å². The summed E-state index contributed by atoms with van der Waals surface area (Å²) in [5, 5.41) is 9.24. The highest BCUT2D eigenvalue weighted by Crippen LogP contribution is 2.20. The van der Waals surface area contributed by atoms with E-state index < -0.39 is 11.8 Å². The van der Waals surface area contributed by atoms with Gasteiger partial charge in [0.15, 0.2) is 6.61 Å². The van der Waals surface area contributed by atoms with Crippen LogP contribution in [-0.4, -0.2) is 30.5 Å². The molecule has 3 aromatic carbocycles. The summed E-state index contributed by atoms with van der Waals surface area (Å²) < 4.78 is 5.65. The quantitative estimate of drug-likeness (QED) is 0.285. The molecule has 0 aromatic heterocycles. The zero-order valence-electron chi connectivity index (χ0n) is 19.2. The molecule has 0 bridgehead atoms. The average molecular weight is 459 g/mol. The molecular weight excluding hydrogens is 432 g/mol. The van der Waals surface area contributed by atoms with E-state index in [9.17, 15) is 14.4 Å². The highest BCUT2D eigenvalue weighted by atomic mass is 16.5. The van der Waals surface area contributed by atoms with Crippen molar-refractivity contribution >= 4 is 35.3 Å². The fourth-order valence-electron chi connectivity index (χ4n) is 3.15. The maximum Gasteiger partial charge on any atom is 0.329 e. The Hall–Kier alpha value is -4.46. The summed E-state index contributed by atoms with van der Waals surface area (Å²) in [5.41, 5.74) is 6.78. The molecule has 174 valence electrons. The van der Waals surface area contributed by atoms with Gasteiger partial charge < -0.3 is 15.4 Å². The van der Waals surface area contributed by atoms with E-state index >= 15 is 0 Å². The van der Waals surface area contributed by atoms with Gasteiger partial charge in [0.05, 0.1) is 6.21 Å². The van der Waals surface area contributed by atoms with E-state index in [1.807, 2.05) is 51.1 Å². The number of nitrogens with one attached hydrogen (secondary N) is 3. The van der Waals surface area contributed by atoms with Crippen LogP contribution in [0.15, 0.2) is 71.8 Å². The van der Waals surface area contributed by atoms with Gasteiger partial charge in [-0.05, 0) is 55.7 Å². The molecule has 0 aliphatic rings. The molecule has 0 radical (unpaired) electrons. The molecule has 0 saturated heterocycles. The largest absolute Gasteiger partial charge is 0.483 e. The van der Waals surface area contributed by atoms with Gasteiger partial charge in [-0.1, -0.05) is 48.5 Å². The number of benzene rings is 3. The van der Waals surface area contributed by atoms with E-state index in [0.29, 0.717) is 17.0 Å². The average Bonchev–Trinajstić information content (AvgIpc) is 2.82. The lowest BCUT2D eigenvalue weighted by Gasteiger charge is -2.13. The van der Waals surface area contributed by atoms with Crippen molar-refractivity contribution in [1.82, 2.24) is 5.43 Å². The molecule has 0 fully saturated rings. The van der Waals surface area contributed by atoms with E-state index in [0.717, 1.165) is 22.4 Å². The lowest BCUT2D eigenvalue weighted by molar-refractivity contribution is -0.136. The first kappa shape index (κ1) is 24.2. The minimum Gasteiger partial charge on any atom is -0.483 e. The van der Waals surface area contributed by atoms with Gasteiger partial charge in [0.25, 0.3) is 5.91 Å². The van der Waals surface area contributed by atoms with Gasteiger partial charge in [0.2, 0.25) is 0 Å². The van der Waals surface area contributed by atoms with Crippen LogP contribution in [-0.2, 0) is 14.4 Å². The molecule has 0 aliphatic carbocycles. The van der Waals surface area contributed by atoms with E-state index in [4.69, 9.17) is 4.74 Å². The second-order valence-electron chi connectivity index (χ2n) is 7.61. The van der Waals surface area contributed by atoms with Crippen LogP contribution in [0.1, 0.15) is 22.3 Å². The summed E-state index contributed by atoms with van der Waals surface area (Å²) in [4.78, 5) is 36.5. The third-order valence-electron chi connectivity index (χ3n) is 4.99. The van der Waals surface area contributed by atoms with Crippen molar-refractivity contribution in [3.05, 3.63) is 89.0 Å². The van der Waals surface area contributed by atoms with Crippen LogP contribution in [0.5, 0.6) is 5.75 Å². The number of rotatable bonds is 7. The van der Waals surface area contributed by atoms with Crippen LogP contribution < -0.4 is 20.8 Å². The number of hydrogen-bond donors (Lipinski definition) is 3. The van der Waals surface area contributed by atoms with Crippen molar-refractivity contribution in [2.45, 2.75) is 20.8 Å². The molecule has 8 nitrogen and oxygen atoms in total. The summed E-state index contributed by atoms with van der Waals surface area (Å²) in [6.07, 6.45) is 1.34. The predicted octanol–water partition coefficient (Wildman–Crippen LogP) is 3.72. The molecule has 3 rings (SSSR count). The summed E-state index contributed by atoms with van der Waals surface area (Å²) >= 11 is 0. The van der Waals surface area contributed by atoms with Crippen molar-refractivity contribution in [1.29, 1.82) is 0 Å². The Balaban J connectivity index is 1.56. The molecule has 0 atom stereocenters. The molecule has 0 aliphatic heterocycles. The van der Waals surface area contributed by atoms with Gasteiger partial charge in [0, 0.05) is 16.9 Å². The number of hydrogen-bond acceptors (Lipinski definition) is 5. The van der Waals surface area contributed by atoms with E-state index in [1.165, 1.54) is 6.21 Å². The number of carbonyl (C=O) groups is 3.